The standard InChI is InChI=1S/C18H19ClF2N4O2/c1-23(2)17(26)11-5-7-24(8-6-11)15-10-22-25(18(27)16(15)19)14-4-3-12(20)9-13(14)21/h3-4,9-11H,5-8H2,1-2H3. The first-order chi connectivity index (χ1) is 12.8. The Labute approximate surface area is 159 Å². The minimum Gasteiger partial charge on any atom is -0.369 e. The first-order valence-electron chi connectivity index (χ1n) is 8.49. The first-order valence-corrected chi connectivity index (χ1v) is 8.86. The lowest BCUT2D eigenvalue weighted by Crippen LogP contribution is -2.41. The molecule has 1 amide bonds. The molecule has 6 nitrogen and oxygen atoms in total. The molecule has 3 rings (SSSR count). The third kappa shape index (κ3) is 3.80. The van der Waals surface area contributed by atoms with Gasteiger partial charge in [-0.3, -0.25) is 9.59 Å². The Hall–Kier alpha value is -2.48. The van der Waals surface area contributed by atoms with E-state index in [2.05, 4.69) is 5.10 Å². The number of nitrogens with zero attached hydrogens (tertiary/aromatic N) is 4. The fourth-order valence-corrected chi connectivity index (χ4v) is 3.45. The van der Waals surface area contributed by atoms with Crippen LogP contribution in [-0.4, -0.2) is 47.8 Å². The largest absolute Gasteiger partial charge is 0.369 e. The van der Waals surface area contributed by atoms with Crippen LogP contribution in [0.5, 0.6) is 0 Å². The van der Waals surface area contributed by atoms with Crippen LogP contribution in [0.25, 0.3) is 5.69 Å². The highest BCUT2D eigenvalue weighted by molar-refractivity contribution is 6.33. The molecular formula is C18H19ClF2N4O2. The zero-order chi connectivity index (χ0) is 19.7. The molecule has 2 heterocycles. The van der Waals surface area contributed by atoms with Gasteiger partial charge in [0.05, 0.1) is 11.9 Å². The summed E-state index contributed by atoms with van der Waals surface area (Å²) in [5.41, 5.74) is -0.424. The van der Waals surface area contributed by atoms with Crippen molar-refractivity contribution in [3.05, 3.63) is 51.4 Å². The van der Waals surface area contributed by atoms with Crippen molar-refractivity contribution in [3.8, 4) is 5.69 Å². The molecule has 1 aliphatic rings. The molecule has 1 aromatic heterocycles. The number of hydrogen-bond acceptors (Lipinski definition) is 4. The van der Waals surface area contributed by atoms with Crippen molar-refractivity contribution in [2.75, 3.05) is 32.1 Å². The number of halogens is 3. The maximum absolute atomic E-state index is 14.0. The molecule has 2 aromatic rings. The van der Waals surface area contributed by atoms with Gasteiger partial charge in [0.15, 0.2) is 5.82 Å². The lowest BCUT2D eigenvalue weighted by molar-refractivity contribution is -0.133. The maximum Gasteiger partial charge on any atom is 0.292 e. The average molecular weight is 397 g/mol. The Balaban J connectivity index is 1.84. The molecule has 0 radical (unpaired) electrons. The number of hydrogen-bond donors (Lipinski definition) is 0. The van der Waals surface area contributed by atoms with Gasteiger partial charge in [-0.15, -0.1) is 0 Å². The molecule has 0 N–H and O–H groups in total. The highest BCUT2D eigenvalue weighted by atomic mass is 35.5. The van der Waals surface area contributed by atoms with Gasteiger partial charge in [-0.1, -0.05) is 11.6 Å². The first kappa shape index (κ1) is 19.3. The summed E-state index contributed by atoms with van der Waals surface area (Å²) < 4.78 is 27.8. The van der Waals surface area contributed by atoms with Gasteiger partial charge in [-0.2, -0.15) is 9.78 Å². The van der Waals surface area contributed by atoms with Crippen LogP contribution < -0.4 is 10.5 Å². The summed E-state index contributed by atoms with van der Waals surface area (Å²) in [5.74, 6) is -1.63. The van der Waals surface area contributed by atoms with Crippen LogP contribution in [0.4, 0.5) is 14.5 Å². The molecule has 0 atom stereocenters. The second-order valence-electron chi connectivity index (χ2n) is 6.65. The van der Waals surface area contributed by atoms with Crippen LogP contribution in [0.1, 0.15) is 12.8 Å². The summed E-state index contributed by atoms with van der Waals surface area (Å²) in [4.78, 5) is 28.1. The quantitative estimate of drug-likeness (QED) is 0.799. The molecule has 0 spiro atoms. The molecule has 1 fully saturated rings. The van der Waals surface area contributed by atoms with E-state index in [4.69, 9.17) is 11.6 Å². The summed E-state index contributed by atoms with van der Waals surface area (Å²) in [6, 6.07) is 2.85. The van der Waals surface area contributed by atoms with Crippen molar-refractivity contribution in [2.45, 2.75) is 12.8 Å². The fourth-order valence-electron chi connectivity index (χ4n) is 3.20. The Morgan fingerprint density at radius 2 is 1.89 bits per heavy atom. The molecule has 1 saturated heterocycles. The third-order valence-corrected chi connectivity index (χ3v) is 5.02. The second-order valence-corrected chi connectivity index (χ2v) is 7.03. The highest BCUT2D eigenvalue weighted by Crippen LogP contribution is 2.28. The maximum atomic E-state index is 14.0. The third-order valence-electron chi connectivity index (χ3n) is 4.66. The lowest BCUT2D eigenvalue weighted by Gasteiger charge is -2.34. The van der Waals surface area contributed by atoms with Crippen molar-refractivity contribution in [2.24, 2.45) is 5.92 Å². The number of carbonyl (C=O) groups is 1. The van der Waals surface area contributed by atoms with Crippen molar-refractivity contribution in [3.63, 3.8) is 0 Å². The predicted octanol–water partition coefficient (Wildman–Crippen LogP) is 2.47. The Bertz CT molecular complexity index is 924. The molecule has 0 bridgehead atoms. The normalized spacial score (nSPS) is 15.1. The van der Waals surface area contributed by atoms with Crippen LogP contribution in [0.15, 0.2) is 29.2 Å². The van der Waals surface area contributed by atoms with Crippen molar-refractivity contribution in [1.82, 2.24) is 14.7 Å². The zero-order valence-electron chi connectivity index (χ0n) is 15.0. The Morgan fingerprint density at radius 1 is 1.22 bits per heavy atom. The van der Waals surface area contributed by atoms with Crippen LogP contribution in [0.2, 0.25) is 5.02 Å². The molecular weight excluding hydrogens is 378 g/mol. The summed E-state index contributed by atoms with van der Waals surface area (Å²) in [6.45, 7) is 1.11. The van der Waals surface area contributed by atoms with E-state index in [0.717, 1.165) is 16.8 Å². The van der Waals surface area contributed by atoms with E-state index in [1.165, 1.54) is 6.20 Å². The SMILES string of the molecule is CN(C)C(=O)C1CCN(c2cnn(-c3ccc(F)cc3F)c(=O)c2Cl)CC1. The van der Waals surface area contributed by atoms with Crippen LogP contribution in [0, 0.1) is 17.6 Å². The number of carbonyl (C=O) groups excluding carboxylic acids is 1. The smallest absolute Gasteiger partial charge is 0.292 e. The number of rotatable bonds is 3. The summed E-state index contributed by atoms with van der Waals surface area (Å²) in [5, 5.41) is 3.91. The van der Waals surface area contributed by atoms with Gasteiger partial charge in [0, 0.05) is 39.2 Å². The Morgan fingerprint density at radius 3 is 2.48 bits per heavy atom. The summed E-state index contributed by atoms with van der Waals surface area (Å²) in [7, 11) is 3.45. The predicted molar refractivity (Wildman–Crippen MR) is 98.4 cm³/mol. The van der Waals surface area contributed by atoms with Crippen LogP contribution in [-0.2, 0) is 4.79 Å². The lowest BCUT2D eigenvalue weighted by atomic mass is 9.95. The van der Waals surface area contributed by atoms with E-state index in [9.17, 15) is 18.4 Å². The summed E-state index contributed by atoms with van der Waals surface area (Å²) in [6.07, 6.45) is 2.67. The van der Waals surface area contributed by atoms with Gasteiger partial charge in [-0.05, 0) is 25.0 Å². The molecule has 0 aliphatic carbocycles. The molecule has 1 aliphatic heterocycles. The van der Waals surface area contributed by atoms with Gasteiger partial charge in [0.25, 0.3) is 5.56 Å². The van der Waals surface area contributed by atoms with Crippen LogP contribution >= 0.6 is 11.6 Å². The van der Waals surface area contributed by atoms with E-state index in [1.807, 2.05) is 4.90 Å². The van der Waals surface area contributed by atoms with E-state index >= 15 is 0 Å². The van der Waals surface area contributed by atoms with E-state index in [0.29, 0.717) is 37.7 Å². The number of aromatic nitrogens is 2. The molecule has 9 heteroatoms. The van der Waals surface area contributed by atoms with E-state index in [1.54, 1.807) is 19.0 Å². The minimum absolute atomic E-state index is 0.0586. The number of piperidine rings is 1. The number of benzene rings is 1. The molecule has 144 valence electrons. The fraction of sp³-hybridized carbons (Fsp3) is 0.389. The summed E-state index contributed by atoms with van der Waals surface area (Å²) >= 11 is 6.23. The van der Waals surface area contributed by atoms with Gasteiger partial charge in [0.1, 0.15) is 16.5 Å². The molecule has 0 saturated carbocycles. The van der Waals surface area contributed by atoms with E-state index < -0.39 is 17.2 Å². The molecule has 27 heavy (non-hydrogen) atoms. The van der Waals surface area contributed by atoms with Crippen molar-refractivity contribution >= 4 is 23.2 Å². The monoisotopic (exact) mass is 396 g/mol. The molecule has 1 aromatic carbocycles. The number of amides is 1. The minimum atomic E-state index is -0.906. The van der Waals surface area contributed by atoms with Gasteiger partial charge in [-0.25, -0.2) is 8.78 Å². The second kappa shape index (κ2) is 7.64. The van der Waals surface area contributed by atoms with Gasteiger partial charge < -0.3 is 9.80 Å². The van der Waals surface area contributed by atoms with Crippen LogP contribution in [0.3, 0.4) is 0 Å². The van der Waals surface area contributed by atoms with Crippen molar-refractivity contribution < 1.29 is 13.6 Å². The molecule has 0 unspecified atom stereocenters. The van der Waals surface area contributed by atoms with Gasteiger partial charge in [0.2, 0.25) is 5.91 Å². The zero-order valence-corrected chi connectivity index (χ0v) is 15.7. The topological polar surface area (TPSA) is 58.4 Å². The van der Waals surface area contributed by atoms with E-state index in [-0.39, 0.29) is 22.5 Å². The Kier molecular flexibility index (Phi) is 5.46. The van der Waals surface area contributed by atoms with Crippen molar-refractivity contribution in [1.29, 1.82) is 0 Å². The van der Waals surface area contributed by atoms with Gasteiger partial charge >= 0.3 is 0 Å². The average Bonchev–Trinajstić information content (AvgIpc) is 2.64. The highest BCUT2D eigenvalue weighted by Gasteiger charge is 2.28. The number of anilines is 1.